The average molecular weight is 296 g/mol. The first-order valence-corrected chi connectivity index (χ1v) is 7.10. The van der Waals surface area contributed by atoms with E-state index in [1.807, 2.05) is 37.3 Å². The molecule has 0 aliphatic heterocycles. The fourth-order valence-corrected chi connectivity index (χ4v) is 2.35. The number of hydrogen-bond acceptors (Lipinski definition) is 3. The zero-order chi connectivity index (χ0) is 15.9. The summed E-state index contributed by atoms with van der Waals surface area (Å²) >= 11 is 0. The minimum atomic E-state index is -0.401. The number of methoxy groups -OCH3 is 2. The van der Waals surface area contributed by atoms with Crippen LogP contribution in [0.2, 0.25) is 0 Å². The lowest BCUT2D eigenvalue weighted by Gasteiger charge is -2.11. The molecule has 0 spiro atoms. The van der Waals surface area contributed by atoms with E-state index >= 15 is 0 Å². The number of aryl methyl sites for hydroxylation is 1. The van der Waals surface area contributed by atoms with Gasteiger partial charge in [-0.1, -0.05) is 48.5 Å². The molecule has 0 saturated carbocycles. The molecule has 0 aliphatic rings. The van der Waals surface area contributed by atoms with Gasteiger partial charge in [0.05, 0.1) is 20.5 Å². The lowest BCUT2D eigenvalue weighted by Crippen LogP contribution is -2.06. The average Bonchev–Trinajstić information content (AvgIpc) is 2.55. The van der Waals surface area contributed by atoms with Crippen molar-refractivity contribution in [3.63, 3.8) is 0 Å². The van der Waals surface area contributed by atoms with Gasteiger partial charge in [-0.25, -0.2) is 4.79 Å². The number of ether oxygens (including phenoxy) is 2. The first-order chi connectivity index (χ1) is 10.7. The van der Waals surface area contributed by atoms with Crippen LogP contribution in [0.5, 0.6) is 0 Å². The first kappa shape index (κ1) is 15.8. The molecule has 0 heterocycles. The molecule has 0 N–H and O–H groups in total. The number of hydrogen-bond donors (Lipinski definition) is 0. The van der Waals surface area contributed by atoms with Crippen LogP contribution in [-0.2, 0) is 20.7 Å². The number of rotatable bonds is 5. The van der Waals surface area contributed by atoms with Crippen molar-refractivity contribution >= 4 is 11.5 Å². The van der Waals surface area contributed by atoms with Crippen molar-refractivity contribution in [1.82, 2.24) is 0 Å². The summed E-state index contributed by atoms with van der Waals surface area (Å²) in [5, 5.41) is 0. The second-order valence-corrected chi connectivity index (χ2v) is 5.07. The van der Waals surface area contributed by atoms with Crippen LogP contribution in [0, 0.1) is 6.92 Å². The molecule has 0 atom stereocenters. The lowest BCUT2D eigenvalue weighted by molar-refractivity contribution is -0.133. The van der Waals surface area contributed by atoms with Crippen molar-refractivity contribution in [1.29, 1.82) is 0 Å². The summed E-state index contributed by atoms with van der Waals surface area (Å²) in [7, 11) is 2.89. The topological polar surface area (TPSA) is 35.5 Å². The summed E-state index contributed by atoms with van der Waals surface area (Å²) in [6.45, 7) is 1.97. The Kier molecular flexibility index (Phi) is 5.37. The molecule has 0 bridgehead atoms. The first-order valence-electron chi connectivity index (χ1n) is 7.10. The highest BCUT2D eigenvalue weighted by Crippen LogP contribution is 2.23. The van der Waals surface area contributed by atoms with Crippen LogP contribution in [0.4, 0.5) is 0 Å². The van der Waals surface area contributed by atoms with Gasteiger partial charge in [-0.05, 0) is 35.6 Å². The summed E-state index contributed by atoms with van der Waals surface area (Å²) in [5.74, 6) is -0.401. The number of benzene rings is 2. The summed E-state index contributed by atoms with van der Waals surface area (Å²) in [6.07, 6.45) is 2.25. The molecular formula is C19H20O3. The second kappa shape index (κ2) is 7.46. The van der Waals surface area contributed by atoms with Gasteiger partial charge >= 0.3 is 5.97 Å². The standard InChI is InChI=1S/C19H20O3/c1-14-9-10-16(11-15-7-5-4-6-8-15)12-17(14)18(13-21-2)19(20)22-3/h4-10,12-13H,11H2,1-3H3/b18-13+. The van der Waals surface area contributed by atoms with E-state index in [1.165, 1.54) is 26.0 Å². The highest BCUT2D eigenvalue weighted by Gasteiger charge is 2.16. The van der Waals surface area contributed by atoms with Crippen molar-refractivity contribution < 1.29 is 14.3 Å². The Labute approximate surface area is 131 Å². The van der Waals surface area contributed by atoms with Crippen molar-refractivity contribution in [2.75, 3.05) is 14.2 Å². The maximum atomic E-state index is 12.0. The zero-order valence-corrected chi connectivity index (χ0v) is 13.1. The van der Waals surface area contributed by atoms with Crippen LogP contribution >= 0.6 is 0 Å². The Balaban J connectivity index is 2.37. The smallest absolute Gasteiger partial charge is 0.341 e. The van der Waals surface area contributed by atoms with Crippen molar-refractivity contribution in [3.05, 3.63) is 77.0 Å². The van der Waals surface area contributed by atoms with Crippen LogP contribution in [0.3, 0.4) is 0 Å². The maximum absolute atomic E-state index is 12.0. The van der Waals surface area contributed by atoms with E-state index in [1.54, 1.807) is 0 Å². The van der Waals surface area contributed by atoms with E-state index in [0.29, 0.717) is 5.57 Å². The van der Waals surface area contributed by atoms with Gasteiger partial charge in [0.15, 0.2) is 0 Å². The molecule has 0 unspecified atom stereocenters. The molecule has 0 aliphatic carbocycles. The zero-order valence-electron chi connectivity index (χ0n) is 13.1. The summed E-state index contributed by atoms with van der Waals surface area (Å²) < 4.78 is 9.88. The Hall–Kier alpha value is -2.55. The van der Waals surface area contributed by atoms with Crippen LogP contribution in [0.15, 0.2) is 54.8 Å². The predicted octanol–water partition coefficient (Wildman–Crippen LogP) is 3.75. The van der Waals surface area contributed by atoms with Gasteiger partial charge in [0.2, 0.25) is 0 Å². The highest BCUT2D eigenvalue weighted by atomic mass is 16.5. The van der Waals surface area contributed by atoms with E-state index < -0.39 is 5.97 Å². The van der Waals surface area contributed by atoms with E-state index in [0.717, 1.165) is 23.1 Å². The van der Waals surface area contributed by atoms with Gasteiger partial charge in [0.25, 0.3) is 0 Å². The molecule has 114 valence electrons. The second-order valence-electron chi connectivity index (χ2n) is 5.07. The van der Waals surface area contributed by atoms with E-state index in [2.05, 4.69) is 18.2 Å². The SMILES string of the molecule is CO/C=C(/C(=O)OC)c1cc(Cc2ccccc2)ccc1C. The van der Waals surface area contributed by atoms with Crippen LogP contribution in [-0.4, -0.2) is 20.2 Å². The van der Waals surface area contributed by atoms with Gasteiger partial charge in [0, 0.05) is 0 Å². The van der Waals surface area contributed by atoms with E-state index in [-0.39, 0.29) is 0 Å². The normalized spacial score (nSPS) is 11.1. The minimum Gasteiger partial charge on any atom is -0.503 e. The monoisotopic (exact) mass is 296 g/mol. The predicted molar refractivity (Wildman–Crippen MR) is 87.4 cm³/mol. The van der Waals surface area contributed by atoms with Crippen LogP contribution in [0.1, 0.15) is 22.3 Å². The third-order valence-corrected chi connectivity index (χ3v) is 3.48. The molecule has 0 amide bonds. The third kappa shape index (κ3) is 3.76. The molecule has 2 rings (SSSR count). The van der Waals surface area contributed by atoms with Gasteiger partial charge in [0.1, 0.15) is 5.57 Å². The van der Waals surface area contributed by atoms with E-state index in [9.17, 15) is 4.79 Å². The molecule has 0 fully saturated rings. The van der Waals surface area contributed by atoms with Gasteiger partial charge in [-0.2, -0.15) is 0 Å². The summed E-state index contributed by atoms with van der Waals surface area (Å²) in [6, 6.07) is 16.3. The van der Waals surface area contributed by atoms with Crippen molar-refractivity contribution in [3.8, 4) is 0 Å². The Bertz CT molecular complexity index is 672. The molecule has 3 nitrogen and oxygen atoms in total. The van der Waals surface area contributed by atoms with Crippen LogP contribution < -0.4 is 0 Å². The van der Waals surface area contributed by atoms with Gasteiger partial charge in [-0.15, -0.1) is 0 Å². The summed E-state index contributed by atoms with van der Waals surface area (Å²) in [5.41, 5.74) is 4.63. The maximum Gasteiger partial charge on any atom is 0.341 e. The lowest BCUT2D eigenvalue weighted by atomic mass is 9.96. The third-order valence-electron chi connectivity index (χ3n) is 3.48. The van der Waals surface area contributed by atoms with Gasteiger partial charge < -0.3 is 9.47 Å². The van der Waals surface area contributed by atoms with Crippen LogP contribution in [0.25, 0.3) is 5.57 Å². The number of carbonyl (C=O) groups excluding carboxylic acids is 1. The fourth-order valence-electron chi connectivity index (χ4n) is 2.35. The molecule has 0 aromatic heterocycles. The largest absolute Gasteiger partial charge is 0.503 e. The Morgan fingerprint density at radius 1 is 1.05 bits per heavy atom. The molecule has 0 radical (unpaired) electrons. The van der Waals surface area contributed by atoms with E-state index in [4.69, 9.17) is 9.47 Å². The minimum absolute atomic E-state index is 0.401. The number of esters is 1. The molecule has 3 heteroatoms. The Morgan fingerprint density at radius 2 is 1.77 bits per heavy atom. The van der Waals surface area contributed by atoms with Gasteiger partial charge in [-0.3, -0.25) is 0 Å². The van der Waals surface area contributed by atoms with Crippen molar-refractivity contribution in [2.45, 2.75) is 13.3 Å². The highest BCUT2D eigenvalue weighted by molar-refractivity contribution is 6.16. The molecular weight excluding hydrogens is 276 g/mol. The quantitative estimate of drug-likeness (QED) is 0.479. The molecule has 0 saturated heterocycles. The molecule has 2 aromatic rings. The van der Waals surface area contributed by atoms with Crippen molar-refractivity contribution in [2.24, 2.45) is 0 Å². The number of carbonyl (C=O) groups is 1. The Morgan fingerprint density at radius 3 is 2.41 bits per heavy atom. The molecule has 2 aromatic carbocycles. The molecule has 22 heavy (non-hydrogen) atoms. The summed E-state index contributed by atoms with van der Waals surface area (Å²) in [4.78, 5) is 12.0. The fraction of sp³-hybridized carbons (Fsp3) is 0.211.